The second-order valence-corrected chi connectivity index (χ2v) is 6.23. The van der Waals surface area contributed by atoms with Gasteiger partial charge in [-0.2, -0.15) is 0 Å². The third-order valence-corrected chi connectivity index (χ3v) is 5.03. The molecule has 0 aliphatic carbocycles. The van der Waals surface area contributed by atoms with Gasteiger partial charge < -0.3 is 5.73 Å². The number of hydrogen-bond donors (Lipinski definition) is 1. The fourth-order valence-corrected chi connectivity index (χ4v) is 3.54. The summed E-state index contributed by atoms with van der Waals surface area (Å²) in [6.45, 7) is 6.53. The van der Waals surface area contributed by atoms with E-state index in [9.17, 15) is 0 Å². The van der Waals surface area contributed by atoms with Crippen LogP contribution >= 0.6 is 15.9 Å². The van der Waals surface area contributed by atoms with E-state index in [2.05, 4.69) is 58.9 Å². The molecular formula is C15H23BrN2. The van der Waals surface area contributed by atoms with Gasteiger partial charge >= 0.3 is 0 Å². The lowest BCUT2D eigenvalue weighted by Crippen LogP contribution is -2.46. The van der Waals surface area contributed by atoms with Crippen molar-refractivity contribution < 1.29 is 0 Å². The van der Waals surface area contributed by atoms with Gasteiger partial charge in [0.15, 0.2) is 0 Å². The van der Waals surface area contributed by atoms with E-state index in [1.165, 1.54) is 22.9 Å². The van der Waals surface area contributed by atoms with Gasteiger partial charge in [0.05, 0.1) is 0 Å². The van der Waals surface area contributed by atoms with Gasteiger partial charge in [0.2, 0.25) is 0 Å². The molecule has 2 N–H and O–H groups in total. The molecule has 0 saturated carbocycles. The second-order valence-electron chi connectivity index (χ2n) is 5.37. The lowest BCUT2D eigenvalue weighted by Gasteiger charge is -2.43. The predicted molar refractivity (Wildman–Crippen MR) is 80.5 cm³/mol. The van der Waals surface area contributed by atoms with E-state index in [0.29, 0.717) is 18.6 Å². The maximum Gasteiger partial charge on any atom is 0.0484 e. The van der Waals surface area contributed by atoms with Crippen molar-refractivity contribution in [2.45, 2.75) is 38.8 Å². The summed E-state index contributed by atoms with van der Waals surface area (Å²) in [5.41, 5.74) is 7.37. The number of nitrogens with zero attached hydrogens (tertiary/aromatic N) is 1. The number of halogens is 1. The van der Waals surface area contributed by atoms with Gasteiger partial charge in [-0.3, -0.25) is 4.90 Å². The second kappa shape index (κ2) is 6.18. The Morgan fingerprint density at radius 3 is 2.78 bits per heavy atom. The minimum atomic E-state index is 0.332. The molecule has 100 valence electrons. The minimum Gasteiger partial charge on any atom is -0.329 e. The molecule has 2 rings (SSSR count). The van der Waals surface area contributed by atoms with E-state index in [0.717, 1.165) is 12.5 Å². The van der Waals surface area contributed by atoms with Gasteiger partial charge in [0, 0.05) is 23.1 Å². The first-order valence-electron chi connectivity index (χ1n) is 6.85. The summed E-state index contributed by atoms with van der Waals surface area (Å²) in [4.78, 5) is 2.58. The third-order valence-electron chi connectivity index (χ3n) is 4.31. The van der Waals surface area contributed by atoms with E-state index in [4.69, 9.17) is 5.73 Å². The average molecular weight is 311 g/mol. The van der Waals surface area contributed by atoms with Crippen molar-refractivity contribution in [1.82, 2.24) is 4.90 Å². The van der Waals surface area contributed by atoms with Crippen LogP contribution in [-0.2, 0) is 0 Å². The predicted octanol–water partition coefficient (Wildman–Crippen LogP) is 3.57. The zero-order valence-electron chi connectivity index (χ0n) is 11.3. The largest absolute Gasteiger partial charge is 0.329 e. The number of rotatable bonds is 3. The standard InChI is InChI=1S/C15H23BrN2/c1-11-6-5-9-18(12(11)2)15(10-17)13-7-3-4-8-14(13)16/h3-4,7-8,11-12,15H,5-6,9-10,17H2,1-2H3. The zero-order chi connectivity index (χ0) is 13.1. The molecule has 1 heterocycles. The molecule has 1 fully saturated rings. The van der Waals surface area contributed by atoms with Crippen LogP contribution in [0.25, 0.3) is 0 Å². The maximum absolute atomic E-state index is 6.05. The molecule has 0 radical (unpaired) electrons. The van der Waals surface area contributed by atoms with Crippen molar-refractivity contribution in [3.63, 3.8) is 0 Å². The van der Waals surface area contributed by atoms with Crippen molar-refractivity contribution >= 4 is 15.9 Å². The summed E-state index contributed by atoms with van der Waals surface area (Å²) in [6, 6.07) is 9.39. The summed E-state index contributed by atoms with van der Waals surface area (Å²) in [5.74, 6) is 0.760. The first-order valence-corrected chi connectivity index (χ1v) is 7.64. The molecule has 0 amide bonds. The van der Waals surface area contributed by atoms with Crippen LogP contribution in [0, 0.1) is 5.92 Å². The summed E-state index contributed by atoms with van der Waals surface area (Å²) >= 11 is 3.66. The molecule has 18 heavy (non-hydrogen) atoms. The van der Waals surface area contributed by atoms with Crippen LogP contribution in [0.4, 0.5) is 0 Å². The molecule has 1 aliphatic rings. The highest BCUT2D eigenvalue weighted by Gasteiger charge is 2.30. The average Bonchev–Trinajstić information content (AvgIpc) is 2.37. The molecule has 0 bridgehead atoms. The molecule has 3 unspecified atom stereocenters. The summed E-state index contributed by atoms with van der Waals surface area (Å²) in [7, 11) is 0. The molecule has 1 aliphatic heterocycles. The number of likely N-dealkylation sites (tertiary alicyclic amines) is 1. The van der Waals surface area contributed by atoms with Crippen LogP contribution in [0.2, 0.25) is 0 Å². The zero-order valence-corrected chi connectivity index (χ0v) is 12.9. The van der Waals surface area contributed by atoms with Gasteiger partial charge in [-0.1, -0.05) is 41.1 Å². The van der Waals surface area contributed by atoms with Crippen LogP contribution in [0.1, 0.15) is 38.3 Å². The lowest BCUT2D eigenvalue weighted by atomic mass is 9.89. The number of piperidine rings is 1. The fraction of sp³-hybridized carbons (Fsp3) is 0.600. The Morgan fingerprint density at radius 2 is 2.11 bits per heavy atom. The van der Waals surface area contributed by atoms with Gasteiger partial charge in [0.25, 0.3) is 0 Å². The van der Waals surface area contributed by atoms with Crippen LogP contribution < -0.4 is 5.73 Å². The molecule has 2 nitrogen and oxygen atoms in total. The molecule has 3 atom stereocenters. The Kier molecular flexibility index (Phi) is 4.82. The van der Waals surface area contributed by atoms with Crippen LogP contribution in [0.15, 0.2) is 28.7 Å². The summed E-state index contributed by atoms with van der Waals surface area (Å²) in [6.07, 6.45) is 2.62. The Hall–Kier alpha value is -0.380. The topological polar surface area (TPSA) is 29.3 Å². The van der Waals surface area contributed by atoms with Gasteiger partial charge in [-0.05, 0) is 43.9 Å². The van der Waals surface area contributed by atoms with E-state index in [1.807, 2.05) is 0 Å². The van der Waals surface area contributed by atoms with Gasteiger partial charge in [-0.25, -0.2) is 0 Å². The van der Waals surface area contributed by atoms with E-state index < -0.39 is 0 Å². The number of hydrogen-bond acceptors (Lipinski definition) is 2. The van der Waals surface area contributed by atoms with Gasteiger partial charge in [0.1, 0.15) is 0 Å². The Balaban J connectivity index is 2.25. The number of nitrogens with two attached hydrogens (primary N) is 1. The lowest BCUT2D eigenvalue weighted by molar-refractivity contribution is 0.0707. The molecule has 3 heteroatoms. The van der Waals surface area contributed by atoms with E-state index in [-0.39, 0.29) is 0 Å². The Morgan fingerprint density at radius 1 is 1.39 bits per heavy atom. The third kappa shape index (κ3) is 2.79. The first-order chi connectivity index (χ1) is 8.65. The quantitative estimate of drug-likeness (QED) is 0.924. The minimum absolute atomic E-state index is 0.332. The normalized spacial score (nSPS) is 27.1. The molecule has 0 spiro atoms. The fourth-order valence-electron chi connectivity index (χ4n) is 2.99. The van der Waals surface area contributed by atoms with E-state index in [1.54, 1.807) is 0 Å². The summed E-state index contributed by atoms with van der Waals surface area (Å²) in [5, 5.41) is 0. The molecule has 0 aromatic heterocycles. The van der Waals surface area contributed by atoms with Crippen molar-refractivity contribution in [2.24, 2.45) is 11.7 Å². The highest BCUT2D eigenvalue weighted by Crippen LogP contribution is 2.33. The SMILES string of the molecule is CC1CCCN(C(CN)c2ccccc2Br)C1C. The monoisotopic (exact) mass is 310 g/mol. The van der Waals surface area contributed by atoms with Crippen molar-refractivity contribution in [3.8, 4) is 0 Å². The molecule has 1 saturated heterocycles. The summed E-state index contributed by atoms with van der Waals surface area (Å²) < 4.78 is 1.17. The van der Waals surface area contributed by atoms with Gasteiger partial charge in [-0.15, -0.1) is 0 Å². The molecule has 1 aromatic rings. The van der Waals surface area contributed by atoms with Crippen LogP contribution in [0.3, 0.4) is 0 Å². The smallest absolute Gasteiger partial charge is 0.0484 e. The number of benzene rings is 1. The highest BCUT2D eigenvalue weighted by molar-refractivity contribution is 9.10. The molecular weight excluding hydrogens is 288 g/mol. The van der Waals surface area contributed by atoms with Crippen molar-refractivity contribution in [1.29, 1.82) is 0 Å². The first kappa shape index (κ1) is 14.0. The van der Waals surface area contributed by atoms with Crippen molar-refractivity contribution in [2.75, 3.05) is 13.1 Å². The molecule has 1 aromatic carbocycles. The van der Waals surface area contributed by atoms with E-state index >= 15 is 0 Å². The Labute approximate surface area is 119 Å². The van der Waals surface area contributed by atoms with Crippen LogP contribution in [-0.4, -0.2) is 24.0 Å². The highest BCUT2D eigenvalue weighted by atomic mass is 79.9. The van der Waals surface area contributed by atoms with Crippen LogP contribution in [0.5, 0.6) is 0 Å². The van der Waals surface area contributed by atoms with Crippen molar-refractivity contribution in [3.05, 3.63) is 34.3 Å². The Bertz CT molecular complexity index is 394. The maximum atomic E-state index is 6.05.